The smallest absolute Gasteiger partial charge is 0.249 e. The van der Waals surface area contributed by atoms with Crippen LogP contribution in [0.2, 0.25) is 0 Å². The van der Waals surface area contributed by atoms with Crippen LogP contribution < -0.4 is 11.3 Å². The number of hydrogen-bond acceptors (Lipinski definition) is 3. The summed E-state index contributed by atoms with van der Waals surface area (Å²) in [4.78, 5) is 28.7. The van der Waals surface area contributed by atoms with E-state index in [2.05, 4.69) is 26.7 Å². The maximum atomic E-state index is 12.0. The minimum Gasteiger partial charge on any atom is -0.366 e. The Morgan fingerprint density at radius 3 is 2.68 bits per heavy atom. The number of benzene rings is 2. The number of pyridine rings is 1. The van der Waals surface area contributed by atoms with Crippen molar-refractivity contribution < 1.29 is 4.79 Å². The molecule has 0 bridgehead atoms. The third-order valence-electron chi connectivity index (χ3n) is 4.97. The Kier molecular flexibility index (Phi) is 4.28. The first-order chi connectivity index (χ1) is 13.3. The van der Waals surface area contributed by atoms with Crippen LogP contribution in [0.3, 0.4) is 0 Å². The summed E-state index contributed by atoms with van der Waals surface area (Å²) in [5.41, 5.74) is 10.7. The highest BCUT2D eigenvalue weighted by Crippen LogP contribution is 2.30. The standard InChI is InChI=1S/C22H22N4O2/c1-13-9-20(27)24-18-8-7-15(10-17(13)18)26-12-14(11-25(2)3)21-16(22(23)28)5-4-6-19(21)26/h4-10,12H,11H2,1-3H3,(H2,23,28)(H,24,27). The molecule has 0 radical (unpaired) electrons. The lowest BCUT2D eigenvalue weighted by Crippen LogP contribution is -2.13. The molecule has 0 saturated heterocycles. The lowest BCUT2D eigenvalue weighted by Gasteiger charge is -2.09. The topological polar surface area (TPSA) is 84.1 Å². The number of fused-ring (bicyclic) bond motifs is 2. The van der Waals surface area contributed by atoms with E-state index >= 15 is 0 Å². The molecular formula is C22H22N4O2. The van der Waals surface area contributed by atoms with Gasteiger partial charge in [-0.3, -0.25) is 9.59 Å². The average Bonchev–Trinajstić information content (AvgIpc) is 2.99. The largest absolute Gasteiger partial charge is 0.366 e. The molecule has 2 aromatic heterocycles. The maximum absolute atomic E-state index is 12.0. The maximum Gasteiger partial charge on any atom is 0.249 e. The Morgan fingerprint density at radius 1 is 1.18 bits per heavy atom. The van der Waals surface area contributed by atoms with Crippen molar-refractivity contribution >= 4 is 27.7 Å². The van der Waals surface area contributed by atoms with Gasteiger partial charge in [0, 0.05) is 46.3 Å². The van der Waals surface area contributed by atoms with Crippen LogP contribution in [-0.2, 0) is 6.54 Å². The van der Waals surface area contributed by atoms with Crippen LogP contribution in [0.25, 0.3) is 27.5 Å². The Bertz CT molecular complexity index is 1280. The van der Waals surface area contributed by atoms with Gasteiger partial charge < -0.3 is 20.2 Å². The minimum absolute atomic E-state index is 0.108. The van der Waals surface area contributed by atoms with Gasteiger partial charge in [-0.15, -0.1) is 0 Å². The fraction of sp³-hybridized carbons (Fsp3) is 0.182. The molecule has 142 valence electrons. The third-order valence-corrected chi connectivity index (χ3v) is 4.97. The number of rotatable bonds is 4. The number of aromatic amines is 1. The van der Waals surface area contributed by atoms with E-state index in [0.29, 0.717) is 12.1 Å². The van der Waals surface area contributed by atoms with Crippen LogP contribution in [0.1, 0.15) is 21.5 Å². The fourth-order valence-corrected chi connectivity index (χ4v) is 3.81. The zero-order valence-electron chi connectivity index (χ0n) is 16.1. The van der Waals surface area contributed by atoms with Gasteiger partial charge in [0.1, 0.15) is 0 Å². The predicted octanol–water partition coefficient (Wildman–Crippen LogP) is 2.94. The molecule has 3 N–H and O–H groups in total. The second-order valence-corrected chi connectivity index (χ2v) is 7.37. The highest BCUT2D eigenvalue weighted by molar-refractivity contribution is 6.07. The van der Waals surface area contributed by atoms with E-state index in [9.17, 15) is 9.59 Å². The number of nitrogens with two attached hydrogens (primary N) is 1. The highest BCUT2D eigenvalue weighted by Gasteiger charge is 2.17. The Hall–Kier alpha value is -3.38. The molecule has 0 aliphatic rings. The zero-order chi connectivity index (χ0) is 20.0. The summed E-state index contributed by atoms with van der Waals surface area (Å²) in [6, 6.07) is 13.1. The van der Waals surface area contributed by atoms with E-state index in [0.717, 1.165) is 38.6 Å². The number of hydrogen-bond donors (Lipinski definition) is 2. The molecule has 0 unspecified atom stereocenters. The third kappa shape index (κ3) is 2.97. The van der Waals surface area contributed by atoms with Crippen LogP contribution in [-0.4, -0.2) is 34.5 Å². The number of H-pyrrole nitrogens is 1. The SMILES string of the molecule is Cc1cc(=O)[nH]c2ccc(-n3cc(CN(C)C)c4c(C(N)=O)cccc43)cc12. The molecule has 6 heteroatoms. The first-order valence-corrected chi connectivity index (χ1v) is 9.06. The molecule has 2 aromatic carbocycles. The van der Waals surface area contributed by atoms with Crippen molar-refractivity contribution in [3.8, 4) is 5.69 Å². The van der Waals surface area contributed by atoms with Crippen LogP contribution in [0.5, 0.6) is 0 Å². The van der Waals surface area contributed by atoms with Gasteiger partial charge in [0.25, 0.3) is 0 Å². The average molecular weight is 374 g/mol. The van der Waals surface area contributed by atoms with Gasteiger partial charge in [-0.05, 0) is 62.5 Å². The van der Waals surface area contributed by atoms with Gasteiger partial charge in [-0.2, -0.15) is 0 Å². The second-order valence-electron chi connectivity index (χ2n) is 7.37. The summed E-state index contributed by atoms with van der Waals surface area (Å²) in [6.07, 6.45) is 2.05. The fourth-order valence-electron chi connectivity index (χ4n) is 3.81. The molecule has 4 aromatic rings. The molecule has 0 atom stereocenters. The molecule has 6 nitrogen and oxygen atoms in total. The van der Waals surface area contributed by atoms with Crippen molar-refractivity contribution in [2.75, 3.05) is 14.1 Å². The Labute approximate surface area is 162 Å². The Balaban J connectivity index is 2.01. The van der Waals surface area contributed by atoms with Crippen molar-refractivity contribution in [2.24, 2.45) is 5.73 Å². The number of nitrogens with zero attached hydrogens (tertiary/aromatic N) is 2. The second kappa shape index (κ2) is 6.65. The quantitative estimate of drug-likeness (QED) is 0.576. The van der Waals surface area contributed by atoms with Crippen molar-refractivity contribution in [3.05, 3.63) is 75.7 Å². The van der Waals surface area contributed by atoms with E-state index in [1.165, 1.54) is 0 Å². The van der Waals surface area contributed by atoms with E-state index in [4.69, 9.17) is 5.73 Å². The van der Waals surface area contributed by atoms with Crippen LogP contribution in [0.4, 0.5) is 0 Å². The molecule has 0 saturated carbocycles. The minimum atomic E-state index is -0.435. The monoisotopic (exact) mass is 374 g/mol. The highest BCUT2D eigenvalue weighted by atomic mass is 16.1. The Morgan fingerprint density at radius 2 is 1.96 bits per heavy atom. The number of primary amides is 1. The van der Waals surface area contributed by atoms with E-state index in [-0.39, 0.29) is 5.56 Å². The normalized spacial score (nSPS) is 11.6. The summed E-state index contributed by atoms with van der Waals surface area (Å²) in [5.74, 6) is -0.435. The predicted molar refractivity (Wildman–Crippen MR) is 112 cm³/mol. The summed E-state index contributed by atoms with van der Waals surface area (Å²) >= 11 is 0. The lowest BCUT2D eigenvalue weighted by atomic mass is 10.1. The number of aryl methyl sites for hydroxylation is 1. The summed E-state index contributed by atoms with van der Waals surface area (Å²) < 4.78 is 2.07. The molecule has 2 heterocycles. The first-order valence-electron chi connectivity index (χ1n) is 9.06. The molecule has 0 spiro atoms. The van der Waals surface area contributed by atoms with Crippen molar-refractivity contribution in [2.45, 2.75) is 13.5 Å². The van der Waals surface area contributed by atoms with E-state index in [1.54, 1.807) is 12.1 Å². The number of amides is 1. The van der Waals surface area contributed by atoms with E-state index < -0.39 is 5.91 Å². The molecule has 1 amide bonds. The van der Waals surface area contributed by atoms with Crippen molar-refractivity contribution in [1.29, 1.82) is 0 Å². The van der Waals surface area contributed by atoms with Gasteiger partial charge in [-0.25, -0.2) is 0 Å². The van der Waals surface area contributed by atoms with Gasteiger partial charge in [0.15, 0.2) is 0 Å². The van der Waals surface area contributed by atoms with Crippen molar-refractivity contribution in [3.63, 3.8) is 0 Å². The van der Waals surface area contributed by atoms with Gasteiger partial charge in [-0.1, -0.05) is 6.07 Å². The molecule has 0 aliphatic carbocycles. The van der Waals surface area contributed by atoms with Crippen LogP contribution in [0.15, 0.2) is 53.5 Å². The lowest BCUT2D eigenvalue weighted by molar-refractivity contribution is 0.100. The number of carbonyl (C=O) groups is 1. The molecule has 28 heavy (non-hydrogen) atoms. The summed E-state index contributed by atoms with van der Waals surface area (Å²) in [5, 5.41) is 1.86. The van der Waals surface area contributed by atoms with Crippen LogP contribution in [0, 0.1) is 6.92 Å². The van der Waals surface area contributed by atoms with Gasteiger partial charge in [0.05, 0.1) is 5.52 Å². The molecular weight excluding hydrogens is 352 g/mol. The molecule has 4 rings (SSSR count). The van der Waals surface area contributed by atoms with Crippen LogP contribution >= 0.6 is 0 Å². The summed E-state index contributed by atoms with van der Waals surface area (Å²) in [7, 11) is 3.98. The first kappa shape index (κ1) is 18.0. The number of aromatic nitrogens is 2. The number of carbonyl (C=O) groups excluding carboxylic acids is 1. The van der Waals surface area contributed by atoms with Gasteiger partial charge in [0.2, 0.25) is 11.5 Å². The summed E-state index contributed by atoms with van der Waals surface area (Å²) in [6.45, 7) is 2.62. The van der Waals surface area contributed by atoms with Gasteiger partial charge >= 0.3 is 0 Å². The van der Waals surface area contributed by atoms with E-state index in [1.807, 2.05) is 45.3 Å². The molecule has 0 fully saturated rings. The molecule has 0 aliphatic heterocycles. The van der Waals surface area contributed by atoms with Crippen molar-refractivity contribution in [1.82, 2.24) is 14.5 Å². The zero-order valence-corrected chi connectivity index (χ0v) is 16.1. The number of nitrogens with one attached hydrogen (secondary N) is 1.